The van der Waals surface area contributed by atoms with E-state index < -0.39 is 0 Å². The number of furan rings is 1. The summed E-state index contributed by atoms with van der Waals surface area (Å²) in [6, 6.07) is 11.8. The fourth-order valence-electron chi connectivity index (χ4n) is 2.18. The molecule has 6 nitrogen and oxygen atoms in total. The molecule has 0 radical (unpaired) electrons. The molecular formula is C15H17N5O. The summed E-state index contributed by atoms with van der Waals surface area (Å²) in [5.74, 6) is 2.37. The molecule has 21 heavy (non-hydrogen) atoms. The van der Waals surface area contributed by atoms with Crippen LogP contribution < -0.4 is 5.32 Å². The Hall–Kier alpha value is -2.47. The maximum atomic E-state index is 5.72. The molecule has 0 bridgehead atoms. The number of benzene rings is 1. The molecule has 0 aliphatic carbocycles. The van der Waals surface area contributed by atoms with Crippen molar-refractivity contribution < 1.29 is 4.42 Å². The van der Waals surface area contributed by atoms with Crippen molar-refractivity contribution in [2.75, 3.05) is 7.05 Å². The van der Waals surface area contributed by atoms with Crippen molar-refractivity contribution in [1.29, 1.82) is 0 Å². The Balaban J connectivity index is 1.77. The zero-order valence-corrected chi connectivity index (χ0v) is 12.1. The number of nitrogens with zero attached hydrogens (tertiary/aromatic N) is 4. The van der Waals surface area contributed by atoms with Crippen LogP contribution in [0.25, 0.3) is 11.4 Å². The van der Waals surface area contributed by atoms with Crippen LogP contribution in [0.2, 0.25) is 0 Å². The number of aromatic nitrogens is 4. The fraction of sp³-hybridized carbons (Fsp3) is 0.267. The first kappa shape index (κ1) is 13.5. The van der Waals surface area contributed by atoms with E-state index in [2.05, 4.69) is 20.7 Å². The number of hydrogen-bond donors (Lipinski definition) is 1. The first-order chi connectivity index (χ1) is 10.3. The smallest absolute Gasteiger partial charge is 0.204 e. The van der Waals surface area contributed by atoms with Gasteiger partial charge in [0.2, 0.25) is 5.82 Å². The second kappa shape index (κ2) is 5.88. The summed E-state index contributed by atoms with van der Waals surface area (Å²) < 4.78 is 5.72. The summed E-state index contributed by atoms with van der Waals surface area (Å²) in [6.45, 7) is 3.22. The van der Waals surface area contributed by atoms with Gasteiger partial charge < -0.3 is 9.73 Å². The van der Waals surface area contributed by atoms with Crippen molar-refractivity contribution in [3.63, 3.8) is 0 Å². The topological polar surface area (TPSA) is 68.8 Å². The van der Waals surface area contributed by atoms with E-state index in [9.17, 15) is 0 Å². The van der Waals surface area contributed by atoms with Gasteiger partial charge in [-0.05, 0) is 25.3 Å². The first-order valence-corrected chi connectivity index (χ1v) is 6.82. The van der Waals surface area contributed by atoms with Crippen molar-refractivity contribution in [2.45, 2.75) is 20.0 Å². The summed E-state index contributed by atoms with van der Waals surface area (Å²) in [4.78, 5) is 1.55. The Bertz CT molecular complexity index is 717. The van der Waals surface area contributed by atoms with Crippen LogP contribution in [0.5, 0.6) is 0 Å². The van der Waals surface area contributed by atoms with Gasteiger partial charge in [0.25, 0.3) is 0 Å². The van der Waals surface area contributed by atoms with Crippen molar-refractivity contribution >= 4 is 0 Å². The van der Waals surface area contributed by atoms with Gasteiger partial charge in [-0.2, -0.15) is 4.80 Å². The molecule has 1 N–H and O–H groups in total. The minimum atomic E-state index is 0.477. The third-order valence-electron chi connectivity index (χ3n) is 3.22. The van der Waals surface area contributed by atoms with Gasteiger partial charge in [0.15, 0.2) is 0 Å². The lowest BCUT2D eigenvalue weighted by Gasteiger charge is -1.94. The Kier molecular flexibility index (Phi) is 3.79. The maximum Gasteiger partial charge on any atom is 0.204 e. The fourth-order valence-corrected chi connectivity index (χ4v) is 2.18. The zero-order valence-electron chi connectivity index (χ0n) is 12.1. The highest BCUT2D eigenvalue weighted by Crippen LogP contribution is 2.16. The van der Waals surface area contributed by atoms with Crippen LogP contribution in [0.3, 0.4) is 0 Å². The highest BCUT2D eigenvalue weighted by atomic mass is 16.3. The monoisotopic (exact) mass is 283 g/mol. The molecule has 0 spiro atoms. The summed E-state index contributed by atoms with van der Waals surface area (Å²) >= 11 is 0. The minimum absolute atomic E-state index is 0.477. The van der Waals surface area contributed by atoms with Gasteiger partial charge in [-0.15, -0.1) is 10.2 Å². The molecule has 0 unspecified atom stereocenters. The van der Waals surface area contributed by atoms with Crippen LogP contribution >= 0.6 is 0 Å². The molecule has 0 amide bonds. The van der Waals surface area contributed by atoms with Crippen molar-refractivity contribution in [3.05, 3.63) is 53.5 Å². The van der Waals surface area contributed by atoms with E-state index in [1.54, 1.807) is 4.80 Å². The standard InChI is InChI=1S/C15H17N5O/c1-11-13(9-16-2)8-14(21-11)10-20-18-15(17-19-20)12-6-4-3-5-7-12/h3-8,16H,9-10H2,1-2H3. The summed E-state index contributed by atoms with van der Waals surface area (Å²) in [6.07, 6.45) is 0. The molecule has 2 heterocycles. The molecule has 2 aromatic heterocycles. The molecule has 1 aromatic carbocycles. The predicted molar refractivity (Wildman–Crippen MR) is 78.6 cm³/mol. The van der Waals surface area contributed by atoms with Gasteiger partial charge in [0.1, 0.15) is 18.1 Å². The molecule has 0 aliphatic rings. The third kappa shape index (κ3) is 3.00. The zero-order chi connectivity index (χ0) is 14.7. The molecule has 0 aliphatic heterocycles. The van der Waals surface area contributed by atoms with E-state index >= 15 is 0 Å². The Morgan fingerprint density at radius 2 is 2.05 bits per heavy atom. The first-order valence-electron chi connectivity index (χ1n) is 6.82. The normalized spacial score (nSPS) is 11.0. The van der Waals surface area contributed by atoms with Crippen molar-refractivity contribution in [2.24, 2.45) is 0 Å². The molecule has 0 fully saturated rings. The van der Waals surface area contributed by atoms with Gasteiger partial charge in [-0.25, -0.2) is 0 Å². The molecule has 3 rings (SSSR count). The van der Waals surface area contributed by atoms with E-state index in [0.29, 0.717) is 12.4 Å². The average Bonchev–Trinajstić information content (AvgIpc) is 3.08. The summed E-state index contributed by atoms with van der Waals surface area (Å²) in [5.41, 5.74) is 2.10. The van der Waals surface area contributed by atoms with Crippen molar-refractivity contribution in [3.8, 4) is 11.4 Å². The van der Waals surface area contributed by atoms with Gasteiger partial charge in [-0.3, -0.25) is 0 Å². The molecule has 108 valence electrons. The third-order valence-corrected chi connectivity index (χ3v) is 3.22. The van der Waals surface area contributed by atoms with Gasteiger partial charge in [0.05, 0.1) is 0 Å². The van der Waals surface area contributed by atoms with Crippen LogP contribution in [0.15, 0.2) is 40.8 Å². The molecule has 0 saturated carbocycles. The number of aryl methyl sites for hydroxylation is 1. The van der Waals surface area contributed by atoms with Gasteiger partial charge in [0, 0.05) is 17.7 Å². The Morgan fingerprint density at radius 1 is 1.24 bits per heavy atom. The quantitative estimate of drug-likeness (QED) is 0.775. The lowest BCUT2D eigenvalue weighted by atomic mass is 10.2. The minimum Gasteiger partial charge on any atom is -0.464 e. The largest absolute Gasteiger partial charge is 0.464 e. The number of hydrogen-bond acceptors (Lipinski definition) is 5. The number of nitrogens with one attached hydrogen (secondary N) is 1. The lowest BCUT2D eigenvalue weighted by Crippen LogP contribution is -2.05. The van der Waals surface area contributed by atoms with E-state index in [0.717, 1.165) is 29.2 Å². The molecule has 0 atom stereocenters. The van der Waals surface area contributed by atoms with Crippen LogP contribution in [0.4, 0.5) is 0 Å². The second-order valence-corrected chi connectivity index (χ2v) is 4.83. The predicted octanol–water partition coefficient (Wildman–Crippen LogP) is 2.01. The van der Waals surface area contributed by atoms with Crippen LogP contribution in [0.1, 0.15) is 17.1 Å². The summed E-state index contributed by atoms with van der Waals surface area (Å²) in [7, 11) is 1.91. The lowest BCUT2D eigenvalue weighted by molar-refractivity contribution is 0.436. The highest BCUT2D eigenvalue weighted by Gasteiger charge is 2.10. The average molecular weight is 283 g/mol. The van der Waals surface area contributed by atoms with Crippen molar-refractivity contribution in [1.82, 2.24) is 25.5 Å². The Morgan fingerprint density at radius 3 is 2.81 bits per heavy atom. The number of tetrazole rings is 1. The maximum absolute atomic E-state index is 5.72. The van der Waals surface area contributed by atoms with Gasteiger partial charge >= 0.3 is 0 Å². The Labute approximate surface area is 122 Å². The number of rotatable bonds is 5. The summed E-state index contributed by atoms with van der Waals surface area (Å²) in [5, 5.41) is 15.6. The highest BCUT2D eigenvalue weighted by molar-refractivity contribution is 5.52. The molecule has 0 saturated heterocycles. The van der Waals surface area contributed by atoms with Crippen LogP contribution in [-0.4, -0.2) is 27.3 Å². The van der Waals surface area contributed by atoms with Crippen LogP contribution in [0, 0.1) is 6.92 Å². The SMILES string of the molecule is CNCc1cc(Cn2nnc(-c3ccccc3)n2)oc1C. The van der Waals surface area contributed by atoms with Crippen LogP contribution in [-0.2, 0) is 13.1 Å². The second-order valence-electron chi connectivity index (χ2n) is 4.83. The molecule has 3 aromatic rings. The van der Waals surface area contributed by atoms with E-state index in [4.69, 9.17) is 4.42 Å². The molecular weight excluding hydrogens is 266 g/mol. The van der Waals surface area contributed by atoms with E-state index in [1.165, 1.54) is 0 Å². The van der Waals surface area contributed by atoms with E-state index in [-0.39, 0.29) is 0 Å². The molecule has 6 heteroatoms. The van der Waals surface area contributed by atoms with Gasteiger partial charge in [-0.1, -0.05) is 30.3 Å². The van der Waals surface area contributed by atoms with E-state index in [1.807, 2.05) is 50.4 Å².